The van der Waals surface area contributed by atoms with Gasteiger partial charge in [0.2, 0.25) is 5.88 Å². The van der Waals surface area contributed by atoms with E-state index in [0.717, 1.165) is 40.9 Å². The molecule has 0 fully saturated rings. The van der Waals surface area contributed by atoms with E-state index in [9.17, 15) is 0 Å². The summed E-state index contributed by atoms with van der Waals surface area (Å²) in [5, 5.41) is 1.86. The van der Waals surface area contributed by atoms with Crippen molar-refractivity contribution in [1.82, 2.24) is 14.9 Å². The second-order valence-electron chi connectivity index (χ2n) is 4.85. The van der Waals surface area contributed by atoms with Crippen LogP contribution < -0.4 is 4.74 Å². The van der Waals surface area contributed by atoms with Crippen LogP contribution in [0.3, 0.4) is 0 Å². The van der Waals surface area contributed by atoms with E-state index in [-0.39, 0.29) is 0 Å². The molecule has 0 unspecified atom stereocenters. The fourth-order valence-corrected chi connectivity index (χ4v) is 3.64. The molecule has 0 spiro atoms. The van der Waals surface area contributed by atoms with Crippen LogP contribution in [0.1, 0.15) is 24.3 Å². The van der Waals surface area contributed by atoms with Crippen molar-refractivity contribution in [2.75, 3.05) is 32.5 Å². The number of hydrogen-bond acceptors (Lipinski definition) is 6. The average Bonchev–Trinajstić information content (AvgIpc) is 2.78. The summed E-state index contributed by atoms with van der Waals surface area (Å²) in [6.45, 7) is 12.3. The number of thiophene rings is 1. The van der Waals surface area contributed by atoms with E-state index in [2.05, 4.69) is 42.6 Å². The molecule has 2 aromatic rings. The standard InChI is InChI=1S/C15H23N3OS2/c1-6-18(7-2)8-9-19-13-12-10(3)11(4)21-14(12)17-15(16-13)20-5/h6-9H2,1-5H3. The van der Waals surface area contributed by atoms with Crippen LogP contribution in [0.2, 0.25) is 0 Å². The van der Waals surface area contributed by atoms with Gasteiger partial charge in [-0.05, 0) is 38.8 Å². The molecule has 116 valence electrons. The Kier molecular flexibility index (Phi) is 5.84. The summed E-state index contributed by atoms with van der Waals surface area (Å²) in [5.41, 5.74) is 1.24. The minimum Gasteiger partial charge on any atom is -0.476 e. The number of aromatic nitrogens is 2. The molecule has 0 aliphatic rings. The van der Waals surface area contributed by atoms with Crippen LogP contribution in [0.4, 0.5) is 0 Å². The van der Waals surface area contributed by atoms with Crippen molar-refractivity contribution in [3.05, 3.63) is 10.4 Å². The maximum Gasteiger partial charge on any atom is 0.226 e. The van der Waals surface area contributed by atoms with Crippen LogP contribution in [0.25, 0.3) is 10.2 Å². The van der Waals surface area contributed by atoms with E-state index in [1.54, 1.807) is 23.1 Å². The molecule has 2 rings (SSSR count). The van der Waals surface area contributed by atoms with Gasteiger partial charge in [-0.2, -0.15) is 4.98 Å². The van der Waals surface area contributed by atoms with Crippen LogP contribution in [0.15, 0.2) is 5.16 Å². The molecule has 0 bridgehead atoms. The normalized spacial score (nSPS) is 11.5. The monoisotopic (exact) mass is 325 g/mol. The molecule has 0 saturated heterocycles. The Labute approximate surface area is 134 Å². The zero-order valence-electron chi connectivity index (χ0n) is 13.4. The van der Waals surface area contributed by atoms with E-state index < -0.39 is 0 Å². The van der Waals surface area contributed by atoms with E-state index >= 15 is 0 Å². The number of thioether (sulfide) groups is 1. The number of hydrogen-bond donors (Lipinski definition) is 0. The summed E-state index contributed by atoms with van der Waals surface area (Å²) in [6.07, 6.45) is 1.99. The van der Waals surface area contributed by atoms with Crippen LogP contribution in [0, 0.1) is 13.8 Å². The van der Waals surface area contributed by atoms with Crippen LogP contribution in [-0.4, -0.2) is 47.4 Å². The lowest BCUT2D eigenvalue weighted by molar-refractivity contribution is 0.218. The van der Waals surface area contributed by atoms with Crippen LogP contribution in [-0.2, 0) is 0 Å². The van der Waals surface area contributed by atoms with Gasteiger partial charge in [-0.1, -0.05) is 25.6 Å². The van der Waals surface area contributed by atoms with E-state index in [1.165, 1.54) is 10.4 Å². The van der Waals surface area contributed by atoms with E-state index in [4.69, 9.17) is 4.74 Å². The third-order valence-electron chi connectivity index (χ3n) is 3.70. The summed E-state index contributed by atoms with van der Waals surface area (Å²) < 4.78 is 5.99. The Morgan fingerprint density at radius 2 is 1.90 bits per heavy atom. The molecule has 0 aromatic carbocycles. The van der Waals surface area contributed by atoms with Gasteiger partial charge in [0.1, 0.15) is 11.4 Å². The Morgan fingerprint density at radius 3 is 2.52 bits per heavy atom. The Balaban J connectivity index is 2.25. The number of nitrogens with zero attached hydrogens (tertiary/aromatic N) is 3. The summed E-state index contributed by atoms with van der Waals surface area (Å²) in [4.78, 5) is 13.8. The zero-order chi connectivity index (χ0) is 15.4. The topological polar surface area (TPSA) is 38.2 Å². The molecule has 6 heteroatoms. The molecule has 0 aliphatic heterocycles. The van der Waals surface area contributed by atoms with Gasteiger partial charge in [0.15, 0.2) is 5.16 Å². The van der Waals surface area contributed by atoms with Crippen molar-refractivity contribution in [3.8, 4) is 5.88 Å². The van der Waals surface area contributed by atoms with Crippen LogP contribution in [0.5, 0.6) is 5.88 Å². The molecule has 2 heterocycles. The van der Waals surface area contributed by atoms with Gasteiger partial charge in [-0.25, -0.2) is 4.98 Å². The summed E-state index contributed by atoms with van der Waals surface area (Å²) in [7, 11) is 0. The Hall–Kier alpha value is -0.850. The van der Waals surface area contributed by atoms with Crippen molar-refractivity contribution in [1.29, 1.82) is 0 Å². The molecule has 0 saturated carbocycles. The number of rotatable bonds is 7. The Bertz CT molecular complexity index is 608. The van der Waals surface area contributed by atoms with Gasteiger partial charge in [0.25, 0.3) is 0 Å². The minimum atomic E-state index is 0.663. The smallest absolute Gasteiger partial charge is 0.226 e. The predicted octanol–water partition coefficient (Wildman–Crippen LogP) is 3.75. The fourth-order valence-electron chi connectivity index (χ4n) is 2.20. The first kappa shape index (κ1) is 16.5. The van der Waals surface area contributed by atoms with Gasteiger partial charge in [-0.15, -0.1) is 11.3 Å². The largest absolute Gasteiger partial charge is 0.476 e. The molecule has 0 N–H and O–H groups in total. The molecule has 2 aromatic heterocycles. The van der Waals surface area contributed by atoms with Crippen molar-refractivity contribution in [2.45, 2.75) is 32.9 Å². The second-order valence-corrected chi connectivity index (χ2v) is 6.83. The molecule has 21 heavy (non-hydrogen) atoms. The lowest BCUT2D eigenvalue weighted by Crippen LogP contribution is -2.28. The highest BCUT2D eigenvalue weighted by Crippen LogP contribution is 2.35. The molecule has 0 atom stereocenters. The summed E-state index contributed by atoms with van der Waals surface area (Å²) >= 11 is 3.27. The lowest BCUT2D eigenvalue weighted by atomic mass is 10.2. The summed E-state index contributed by atoms with van der Waals surface area (Å²) in [5.74, 6) is 0.735. The molecular formula is C15H23N3OS2. The number of ether oxygens (including phenoxy) is 1. The van der Waals surface area contributed by atoms with Crippen molar-refractivity contribution >= 4 is 33.3 Å². The highest BCUT2D eigenvalue weighted by molar-refractivity contribution is 7.98. The van der Waals surface area contributed by atoms with Gasteiger partial charge < -0.3 is 9.64 Å². The SMILES string of the molecule is CCN(CC)CCOc1nc(SC)nc2sc(C)c(C)c12. The molecule has 4 nitrogen and oxygen atoms in total. The molecule has 0 amide bonds. The predicted molar refractivity (Wildman–Crippen MR) is 92.0 cm³/mol. The third kappa shape index (κ3) is 3.67. The quantitative estimate of drug-likeness (QED) is 0.572. The molecule has 0 aliphatic carbocycles. The fraction of sp³-hybridized carbons (Fsp3) is 0.600. The van der Waals surface area contributed by atoms with Crippen molar-refractivity contribution < 1.29 is 4.74 Å². The van der Waals surface area contributed by atoms with Crippen LogP contribution >= 0.6 is 23.1 Å². The van der Waals surface area contributed by atoms with Gasteiger partial charge in [0.05, 0.1) is 5.39 Å². The second kappa shape index (κ2) is 7.42. The first-order valence-electron chi connectivity index (χ1n) is 7.27. The highest BCUT2D eigenvalue weighted by atomic mass is 32.2. The molecular weight excluding hydrogens is 302 g/mol. The number of fused-ring (bicyclic) bond motifs is 1. The number of aryl methyl sites for hydroxylation is 2. The van der Waals surface area contributed by atoms with E-state index in [0.29, 0.717) is 6.61 Å². The highest BCUT2D eigenvalue weighted by Gasteiger charge is 2.15. The maximum absolute atomic E-state index is 5.99. The van der Waals surface area contributed by atoms with E-state index in [1.807, 2.05) is 6.26 Å². The Morgan fingerprint density at radius 1 is 1.19 bits per heavy atom. The number of likely N-dealkylation sites (N-methyl/N-ethyl adjacent to an activating group) is 1. The first-order chi connectivity index (χ1) is 10.1. The maximum atomic E-state index is 5.99. The summed E-state index contributed by atoms with van der Waals surface area (Å²) in [6, 6.07) is 0. The minimum absolute atomic E-state index is 0.663. The molecule has 0 radical (unpaired) electrons. The average molecular weight is 326 g/mol. The van der Waals surface area contributed by atoms with Gasteiger partial charge >= 0.3 is 0 Å². The van der Waals surface area contributed by atoms with Gasteiger partial charge in [-0.3, -0.25) is 0 Å². The van der Waals surface area contributed by atoms with Crippen molar-refractivity contribution in [3.63, 3.8) is 0 Å². The lowest BCUT2D eigenvalue weighted by Gasteiger charge is -2.18. The van der Waals surface area contributed by atoms with Gasteiger partial charge in [0, 0.05) is 11.4 Å². The van der Waals surface area contributed by atoms with Crippen molar-refractivity contribution in [2.24, 2.45) is 0 Å². The zero-order valence-corrected chi connectivity index (χ0v) is 15.0. The third-order valence-corrected chi connectivity index (χ3v) is 5.35. The first-order valence-corrected chi connectivity index (χ1v) is 9.31.